The van der Waals surface area contributed by atoms with Crippen molar-refractivity contribution in [2.24, 2.45) is 17.8 Å². The Morgan fingerprint density at radius 1 is 1.41 bits per heavy atom. The van der Waals surface area contributed by atoms with Crippen LogP contribution < -0.4 is 10.6 Å². The Morgan fingerprint density at radius 3 is 2.70 bits per heavy atom. The standard InChI is InChI=1S/C18H29N3O5S/c1-8-14-13(9(2)22)17(24)21(14)15(18(25)26)16(8)27-12-7-20-6-10(12)11(23)4-5-19-3/h8-14,19-20,22-23H,4-7H2,1-3H3,(H,25,26)/t8-,9-,10-,11-,12-,13-,14-/m1/s1. The number of nitrogens with one attached hydrogen (secondary N) is 2. The molecule has 0 spiro atoms. The second-order valence-corrected chi connectivity index (χ2v) is 8.99. The third-order valence-corrected chi connectivity index (χ3v) is 7.61. The fourth-order valence-electron chi connectivity index (χ4n) is 4.54. The molecule has 1 amide bonds. The second-order valence-electron chi connectivity index (χ2n) is 7.71. The highest BCUT2D eigenvalue weighted by molar-refractivity contribution is 8.03. The summed E-state index contributed by atoms with van der Waals surface area (Å²) in [5.74, 6) is -2.10. The van der Waals surface area contributed by atoms with Gasteiger partial charge >= 0.3 is 5.97 Å². The van der Waals surface area contributed by atoms with E-state index in [1.807, 2.05) is 14.0 Å². The predicted octanol–water partition coefficient (Wildman–Crippen LogP) is -0.568. The quantitative estimate of drug-likeness (QED) is 0.344. The van der Waals surface area contributed by atoms with Gasteiger partial charge in [-0.05, 0) is 26.9 Å². The van der Waals surface area contributed by atoms with E-state index in [4.69, 9.17) is 0 Å². The van der Waals surface area contributed by atoms with Crippen molar-refractivity contribution in [3.8, 4) is 0 Å². The van der Waals surface area contributed by atoms with Crippen LogP contribution in [-0.4, -0.2) is 82.3 Å². The lowest BCUT2D eigenvalue weighted by Crippen LogP contribution is -2.63. The molecule has 5 N–H and O–H groups in total. The fraction of sp³-hybridized carbons (Fsp3) is 0.778. The maximum atomic E-state index is 12.4. The van der Waals surface area contributed by atoms with Gasteiger partial charge in [0.15, 0.2) is 0 Å². The number of β-lactam (4-membered cyclic amide) rings is 1. The van der Waals surface area contributed by atoms with Gasteiger partial charge in [-0.1, -0.05) is 6.92 Å². The van der Waals surface area contributed by atoms with Gasteiger partial charge < -0.3 is 30.9 Å². The molecule has 3 aliphatic heterocycles. The van der Waals surface area contributed by atoms with Gasteiger partial charge in [-0.3, -0.25) is 4.79 Å². The van der Waals surface area contributed by atoms with E-state index in [-0.39, 0.29) is 34.7 Å². The average Bonchev–Trinajstić information content (AvgIpc) is 3.15. The summed E-state index contributed by atoms with van der Waals surface area (Å²) in [7, 11) is 1.84. The summed E-state index contributed by atoms with van der Waals surface area (Å²) in [5.41, 5.74) is 0.0507. The summed E-state index contributed by atoms with van der Waals surface area (Å²) in [6.07, 6.45) is -0.637. The number of carbonyl (C=O) groups excluding carboxylic acids is 1. The van der Waals surface area contributed by atoms with E-state index in [2.05, 4.69) is 10.6 Å². The highest BCUT2D eigenvalue weighted by atomic mass is 32.2. The molecule has 27 heavy (non-hydrogen) atoms. The van der Waals surface area contributed by atoms with E-state index >= 15 is 0 Å². The number of carboxylic acid groups (broad SMARTS) is 1. The number of fused-ring (bicyclic) bond motifs is 1. The van der Waals surface area contributed by atoms with Crippen LogP contribution >= 0.6 is 11.8 Å². The number of amides is 1. The number of carboxylic acids is 1. The molecule has 9 heteroatoms. The number of hydrogen-bond donors (Lipinski definition) is 5. The number of aliphatic carboxylic acids is 1. The van der Waals surface area contributed by atoms with Crippen LogP contribution in [0.2, 0.25) is 0 Å². The molecule has 0 bridgehead atoms. The number of nitrogens with zero attached hydrogens (tertiary/aromatic N) is 1. The third kappa shape index (κ3) is 3.51. The van der Waals surface area contributed by atoms with Crippen molar-refractivity contribution in [3.05, 3.63) is 10.6 Å². The monoisotopic (exact) mass is 399 g/mol. The number of aliphatic hydroxyl groups is 2. The molecular formula is C18H29N3O5S. The lowest BCUT2D eigenvalue weighted by molar-refractivity contribution is -0.163. The van der Waals surface area contributed by atoms with Crippen LogP contribution in [0.25, 0.3) is 0 Å². The van der Waals surface area contributed by atoms with Crippen molar-refractivity contribution in [3.63, 3.8) is 0 Å². The van der Waals surface area contributed by atoms with Gasteiger partial charge in [0.25, 0.3) is 0 Å². The lowest BCUT2D eigenvalue weighted by Gasteiger charge is -2.46. The van der Waals surface area contributed by atoms with Crippen LogP contribution in [0.15, 0.2) is 10.6 Å². The molecular weight excluding hydrogens is 370 g/mol. The Bertz CT molecular complexity index is 640. The summed E-state index contributed by atoms with van der Waals surface area (Å²) in [4.78, 5) is 26.4. The van der Waals surface area contributed by atoms with E-state index < -0.39 is 24.1 Å². The van der Waals surface area contributed by atoms with Crippen LogP contribution in [0.3, 0.4) is 0 Å². The Morgan fingerprint density at radius 2 is 2.11 bits per heavy atom. The van der Waals surface area contributed by atoms with E-state index in [9.17, 15) is 24.9 Å². The Labute approximate surface area is 163 Å². The van der Waals surface area contributed by atoms with Crippen LogP contribution in [0.1, 0.15) is 20.3 Å². The second kappa shape index (κ2) is 8.08. The maximum Gasteiger partial charge on any atom is 0.353 e. The van der Waals surface area contributed by atoms with Gasteiger partial charge in [0.1, 0.15) is 5.70 Å². The van der Waals surface area contributed by atoms with Gasteiger partial charge in [-0.2, -0.15) is 0 Å². The molecule has 152 valence electrons. The average molecular weight is 400 g/mol. The highest BCUT2D eigenvalue weighted by Crippen LogP contribution is 2.52. The molecule has 3 heterocycles. The van der Waals surface area contributed by atoms with Crippen molar-refractivity contribution >= 4 is 23.6 Å². The number of hydrogen-bond acceptors (Lipinski definition) is 7. The predicted molar refractivity (Wildman–Crippen MR) is 102 cm³/mol. The smallest absolute Gasteiger partial charge is 0.353 e. The molecule has 3 aliphatic rings. The molecule has 0 aromatic heterocycles. The van der Waals surface area contributed by atoms with Crippen molar-refractivity contribution < 1.29 is 24.9 Å². The van der Waals surface area contributed by atoms with E-state index in [0.717, 1.165) is 6.54 Å². The largest absolute Gasteiger partial charge is 0.477 e. The van der Waals surface area contributed by atoms with E-state index in [0.29, 0.717) is 24.4 Å². The van der Waals surface area contributed by atoms with Crippen LogP contribution in [0.4, 0.5) is 0 Å². The Hall–Kier alpha value is -1.13. The first-order valence-corrected chi connectivity index (χ1v) is 10.4. The summed E-state index contributed by atoms with van der Waals surface area (Å²) in [5, 5.41) is 36.6. The molecule has 0 aromatic carbocycles. The first kappa shape index (κ1) is 20.6. The SMILES string of the molecule is CNCC[C@@H](O)[C@H]1CNC[C@H]1SC1=C(C(=O)O)N2C(=O)[C@H]([C@@H](C)O)[C@H]2[C@H]1C. The minimum absolute atomic E-state index is 0.0228. The van der Waals surface area contributed by atoms with Crippen molar-refractivity contribution in [1.82, 2.24) is 15.5 Å². The minimum Gasteiger partial charge on any atom is -0.477 e. The lowest BCUT2D eigenvalue weighted by atomic mass is 9.79. The zero-order chi connectivity index (χ0) is 19.9. The molecule has 8 nitrogen and oxygen atoms in total. The molecule has 2 saturated heterocycles. The van der Waals surface area contributed by atoms with Crippen LogP contribution in [-0.2, 0) is 9.59 Å². The molecule has 7 atom stereocenters. The molecule has 0 radical (unpaired) electrons. The molecule has 2 fully saturated rings. The number of aliphatic hydroxyl groups excluding tert-OH is 2. The van der Waals surface area contributed by atoms with E-state index in [1.165, 1.54) is 16.7 Å². The first-order chi connectivity index (χ1) is 12.8. The zero-order valence-electron chi connectivity index (χ0n) is 15.9. The minimum atomic E-state index is -1.11. The van der Waals surface area contributed by atoms with Crippen molar-refractivity contribution in [2.75, 3.05) is 26.7 Å². The van der Waals surface area contributed by atoms with Gasteiger partial charge in [-0.25, -0.2) is 4.79 Å². The van der Waals surface area contributed by atoms with E-state index in [1.54, 1.807) is 6.92 Å². The summed E-state index contributed by atoms with van der Waals surface area (Å²) < 4.78 is 0. The van der Waals surface area contributed by atoms with Crippen LogP contribution in [0.5, 0.6) is 0 Å². The zero-order valence-corrected chi connectivity index (χ0v) is 16.7. The third-order valence-electron chi connectivity index (χ3n) is 5.98. The number of rotatable bonds is 8. The van der Waals surface area contributed by atoms with Crippen molar-refractivity contribution in [1.29, 1.82) is 0 Å². The number of thioether (sulfide) groups is 1. The molecule has 0 saturated carbocycles. The first-order valence-electron chi connectivity index (χ1n) is 9.48. The molecule has 0 aromatic rings. The molecule has 0 unspecified atom stereocenters. The normalized spacial score (nSPS) is 35.2. The topological polar surface area (TPSA) is 122 Å². The Balaban J connectivity index is 1.81. The van der Waals surface area contributed by atoms with Crippen LogP contribution in [0, 0.1) is 17.8 Å². The van der Waals surface area contributed by atoms with Crippen molar-refractivity contribution in [2.45, 2.75) is 43.8 Å². The summed E-state index contributed by atoms with van der Waals surface area (Å²) >= 11 is 1.47. The highest BCUT2D eigenvalue weighted by Gasteiger charge is 2.60. The fourth-order valence-corrected chi connectivity index (χ4v) is 6.17. The number of carbonyl (C=O) groups is 2. The van der Waals surface area contributed by atoms with Gasteiger partial charge in [0.2, 0.25) is 5.91 Å². The van der Waals surface area contributed by atoms with Gasteiger partial charge in [-0.15, -0.1) is 11.8 Å². The summed E-state index contributed by atoms with van der Waals surface area (Å²) in [6, 6.07) is -0.298. The maximum absolute atomic E-state index is 12.4. The molecule has 3 rings (SSSR count). The Kier molecular flexibility index (Phi) is 6.17. The summed E-state index contributed by atoms with van der Waals surface area (Å²) in [6.45, 7) is 5.59. The molecule has 0 aliphatic carbocycles. The van der Waals surface area contributed by atoms with Gasteiger partial charge in [0.05, 0.1) is 24.2 Å². The van der Waals surface area contributed by atoms with Gasteiger partial charge in [0, 0.05) is 35.1 Å².